The van der Waals surface area contributed by atoms with Crippen molar-refractivity contribution in [2.75, 3.05) is 26.4 Å². The molecule has 0 N–H and O–H groups in total. The molecule has 0 aliphatic rings. The summed E-state index contributed by atoms with van der Waals surface area (Å²) in [7, 11) is 0. The zero-order valence-electron chi connectivity index (χ0n) is 22.1. The number of nitrogens with zero attached hydrogens (tertiary/aromatic N) is 1. The molecule has 10 heteroatoms. The van der Waals surface area contributed by atoms with Crippen molar-refractivity contribution in [1.29, 1.82) is 0 Å². The molecular weight excluding hydrogens is 494 g/mol. The SMILES string of the molecule is CCOC(=O)C(C(=O)OCC)c1cc(C)cc(C(C(=O)OCC)C(=O)OCC)c1-c1nc2ccccc2o1. The molecule has 0 amide bonds. The first-order valence-corrected chi connectivity index (χ1v) is 12.4. The van der Waals surface area contributed by atoms with Gasteiger partial charge in [-0.25, -0.2) is 4.98 Å². The molecule has 0 bridgehead atoms. The van der Waals surface area contributed by atoms with Crippen LogP contribution in [0.4, 0.5) is 0 Å². The van der Waals surface area contributed by atoms with Gasteiger partial charge in [0.2, 0.25) is 5.89 Å². The topological polar surface area (TPSA) is 131 Å². The van der Waals surface area contributed by atoms with Crippen molar-refractivity contribution in [2.45, 2.75) is 46.5 Å². The van der Waals surface area contributed by atoms with Crippen molar-refractivity contribution in [2.24, 2.45) is 0 Å². The van der Waals surface area contributed by atoms with Gasteiger partial charge in [0.15, 0.2) is 17.4 Å². The standard InChI is InChI=1S/C28H31NO9/c1-6-34-25(30)22(26(31)35-7-2)17-14-16(5)15-18(23(27(32)36-8-3)28(33)37-9-4)21(17)24-29-19-12-10-11-13-20(19)38-24/h10-15,22-23H,6-9H2,1-5H3. The molecule has 3 aromatic rings. The van der Waals surface area contributed by atoms with Crippen molar-refractivity contribution < 1.29 is 42.5 Å². The number of hydrogen-bond donors (Lipinski definition) is 0. The average Bonchev–Trinajstić information content (AvgIpc) is 3.28. The molecule has 38 heavy (non-hydrogen) atoms. The summed E-state index contributed by atoms with van der Waals surface area (Å²) in [6, 6.07) is 10.1. The van der Waals surface area contributed by atoms with Gasteiger partial charge >= 0.3 is 23.9 Å². The van der Waals surface area contributed by atoms with Gasteiger partial charge in [0, 0.05) is 5.56 Å². The fraction of sp³-hybridized carbons (Fsp3) is 0.393. The predicted octanol–water partition coefficient (Wildman–Crippen LogP) is 4.22. The molecule has 0 saturated carbocycles. The summed E-state index contributed by atoms with van der Waals surface area (Å²) in [6.45, 7) is 8.20. The van der Waals surface area contributed by atoms with E-state index in [1.165, 1.54) is 0 Å². The minimum atomic E-state index is -1.54. The lowest BCUT2D eigenvalue weighted by atomic mass is 9.84. The second-order valence-electron chi connectivity index (χ2n) is 8.18. The van der Waals surface area contributed by atoms with Gasteiger partial charge < -0.3 is 23.4 Å². The van der Waals surface area contributed by atoms with Crippen LogP contribution in [-0.2, 0) is 38.1 Å². The molecule has 0 radical (unpaired) electrons. The van der Waals surface area contributed by atoms with E-state index in [9.17, 15) is 19.2 Å². The number of aromatic nitrogens is 1. The molecule has 10 nitrogen and oxygen atoms in total. The third-order valence-electron chi connectivity index (χ3n) is 5.56. The minimum absolute atomic E-state index is 0.00612. The molecule has 0 unspecified atom stereocenters. The van der Waals surface area contributed by atoms with Crippen molar-refractivity contribution in [1.82, 2.24) is 4.98 Å². The van der Waals surface area contributed by atoms with Crippen LogP contribution in [0.5, 0.6) is 0 Å². The molecular formula is C28H31NO9. The summed E-state index contributed by atoms with van der Waals surface area (Å²) < 4.78 is 26.9. The Kier molecular flexibility index (Phi) is 9.59. The molecule has 202 valence electrons. The van der Waals surface area contributed by atoms with Gasteiger partial charge in [0.1, 0.15) is 5.52 Å². The molecule has 0 aliphatic heterocycles. The predicted molar refractivity (Wildman–Crippen MR) is 136 cm³/mol. The molecule has 0 fully saturated rings. The van der Waals surface area contributed by atoms with E-state index in [2.05, 4.69) is 4.98 Å². The molecule has 3 rings (SSSR count). The zero-order chi connectivity index (χ0) is 27.8. The number of carbonyl (C=O) groups is 4. The van der Waals surface area contributed by atoms with Crippen molar-refractivity contribution in [3.05, 3.63) is 53.1 Å². The number of oxazole rings is 1. The summed E-state index contributed by atoms with van der Waals surface area (Å²) in [5, 5.41) is 0. The maximum Gasteiger partial charge on any atom is 0.324 e. The third-order valence-corrected chi connectivity index (χ3v) is 5.56. The summed E-state index contributed by atoms with van der Waals surface area (Å²) in [5.41, 5.74) is 1.79. The highest BCUT2D eigenvalue weighted by Gasteiger charge is 2.40. The van der Waals surface area contributed by atoms with E-state index in [-0.39, 0.29) is 49.0 Å². The Morgan fingerprint density at radius 2 is 1.16 bits per heavy atom. The maximum atomic E-state index is 13.1. The number of para-hydroxylation sites is 2. The van der Waals surface area contributed by atoms with Crippen molar-refractivity contribution in [3.63, 3.8) is 0 Å². The molecule has 0 atom stereocenters. The highest BCUT2D eigenvalue weighted by molar-refractivity contribution is 6.05. The largest absolute Gasteiger partial charge is 0.465 e. The van der Waals surface area contributed by atoms with E-state index in [1.54, 1.807) is 71.0 Å². The van der Waals surface area contributed by atoms with Crippen molar-refractivity contribution in [3.8, 4) is 11.5 Å². The average molecular weight is 526 g/mol. The lowest BCUT2D eigenvalue weighted by Gasteiger charge is -2.23. The second-order valence-corrected chi connectivity index (χ2v) is 8.18. The first-order chi connectivity index (χ1) is 18.3. The van der Waals surface area contributed by atoms with E-state index in [0.29, 0.717) is 16.7 Å². The molecule has 1 heterocycles. The Labute approximate surface area is 220 Å². The van der Waals surface area contributed by atoms with E-state index < -0.39 is 35.7 Å². The Morgan fingerprint density at radius 1 is 0.737 bits per heavy atom. The second kappa shape index (κ2) is 12.8. The summed E-state index contributed by atoms with van der Waals surface area (Å²) in [6.07, 6.45) is 0. The van der Waals surface area contributed by atoms with Crippen LogP contribution in [-0.4, -0.2) is 55.3 Å². The van der Waals surface area contributed by atoms with E-state index in [4.69, 9.17) is 23.4 Å². The van der Waals surface area contributed by atoms with Crippen LogP contribution < -0.4 is 0 Å². The fourth-order valence-electron chi connectivity index (χ4n) is 4.13. The minimum Gasteiger partial charge on any atom is -0.465 e. The summed E-state index contributed by atoms with van der Waals surface area (Å²) >= 11 is 0. The van der Waals surface area contributed by atoms with Crippen LogP contribution in [0.1, 0.15) is 56.2 Å². The molecule has 1 aromatic heterocycles. The summed E-state index contributed by atoms with van der Waals surface area (Å²) in [5.74, 6) is -6.51. The van der Waals surface area contributed by atoms with Crippen LogP contribution >= 0.6 is 0 Å². The van der Waals surface area contributed by atoms with E-state index >= 15 is 0 Å². The number of carbonyl (C=O) groups excluding carboxylic acids is 4. The Hall–Kier alpha value is -4.21. The number of fused-ring (bicyclic) bond motifs is 1. The van der Waals surface area contributed by atoms with Crippen molar-refractivity contribution >= 4 is 35.0 Å². The van der Waals surface area contributed by atoms with Crippen LogP contribution in [0, 0.1) is 6.92 Å². The molecule has 0 saturated heterocycles. The summed E-state index contributed by atoms with van der Waals surface area (Å²) in [4.78, 5) is 57.0. The molecule has 0 aliphatic carbocycles. The Balaban J connectivity index is 2.43. The Bertz CT molecular complexity index is 1200. The quantitative estimate of drug-likeness (QED) is 0.204. The number of rotatable bonds is 11. The zero-order valence-corrected chi connectivity index (χ0v) is 22.1. The first kappa shape index (κ1) is 28.4. The van der Waals surface area contributed by atoms with Crippen LogP contribution in [0.15, 0.2) is 40.8 Å². The first-order valence-electron chi connectivity index (χ1n) is 12.4. The third kappa shape index (κ3) is 6.01. The smallest absolute Gasteiger partial charge is 0.324 e. The highest BCUT2D eigenvalue weighted by atomic mass is 16.6. The number of ether oxygens (including phenoxy) is 4. The molecule has 0 spiro atoms. The number of benzene rings is 2. The van der Waals surface area contributed by atoms with Gasteiger partial charge in [-0.3, -0.25) is 19.2 Å². The van der Waals surface area contributed by atoms with Gasteiger partial charge in [-0.15, -0.1) is 0 Å². The van der Waals surface area contributed by atoms with Crippen LogP contribution in [0.25, 0.3) is 22.6 Å². The maximum absolute atomic E-state index is 13.1. The van der Waals surface area contributed by atoms with E-state index in [1.807, 2.05) is 0 Å². The van der Waals surface area contributed by atoms with Gasteiger partial charge in [0.05, 0.1) is 26.4 Å². The lowest BCUT2D eigenvalue weighted by molar-refractivity contribution is -0.158. The number of hydrogen-bond acceptors (Lipinski definition) is 10. The lowest BCUT2D eigenvalue weighted by Crippen LogP contribution is -2.30. The Morgan fingerprint density at radius 3 is 1.55 bits per heavy atom. The van der Waals surface area contributed by atoms with Crippen LogP contribution in [0.3, 0.4) is 0 Å². The monoisotopic (exact) mass is 525 g/mol. The van der Waals surface area contributed by atoms with Gasteiger partial charge in [-0.05, 0) is 57.9 Å². The normalized spacial score (nSPS) is 11.0. The van der Waals surface area contributed by atoms with Crippen LogP contribution in [0.2, 0.25) is 0 Å². The highest BCUT2D eigenvalue weighted by Crippen LogP contribution is 2.40. The fourth-order valence-corrected chi connectivity index (χ4v) is 4.13. The number of esters is 4. The van der Waals surface area contributed by atoms with Gasteiger partial charge in [0.25, 0.3) is 0 Å². The van der Waals surface area contributed by atoms with Gasteiger partial charge in [-0.1, -0.05) is 29.8 Å². The number of aryl methyl sites for hydroxylation is 1. The van der Waals surface area contributed by atoms with Gasteiger partial charge in [-0.2, -0.15) is 0 Å². The molecule has 2 aromatic carbocycles. The van der Waals surface area contributed by atoms with E-state index in [0.717, 1.165) is 0 Å².